The molecule has 1 fully saturated rings. The van der Waals surface area contributed by atoms with Crippen molar-refractivity contribution >= 4 is 11.9 Å². The first-order valence-electron chi connectivity index (χ1n) is 10.4. The summed E-state index contributed by atoms with van der Waals surface area (Å²) in [6.07, 6.45) is 10.2. The Morgan fingerprint density at radius 1 is 1.26 bits per heavy atom. The molecule has 0 saturated heterocycles. The van der Waals surface area contributed by atoms with E-state index in [1.54, 1.807) is 24.3 Å². The van der Waals surface area contributed by atoms with Crippen LogP contribution in [0.25, 0.3) is 0 Å². The van der Waals surface area contributed by atoms with Gasteiger partial charge in [0, 0.05) is 12.5 Å². The van der Waals surface area contributed by atoms with Crippen LogP contribution in [0.3, 0.4) is 0 Å². The van der Waals surface area contributed by atoms with E-state index in [2.05, 4.69) is 13.2 Å². The van der Waals surface area contributed by atoms with Gasteiger partial charge in [-0.15, -0.1) is 0 Å². The van der Waals surface area contributed by atoms with Crippen LogP contribution in [0.15, 0.2) is 67.2 Å². The van der Waals surface area contributed by atoms with E-state index in [1.165, 1.54) is 0 Å². The van der Waals surface area contributed by atoms with Crippen LogP contribution < -0.4 is 4.74 Å². The van der Waals surface area contributed by atoms with E-state index in [4.69, 9.17) is 14.2 Å². The lowest BCUT2D eigenvalue weighted by atomic mass is 9.97. The first-order valence-corrected chi connectivity index (χ1v) is 10.4. The monoisotopic (exact) mass is 424 g/mol. The van der Waals surface area contributed by atoms with E-state index < -0.39 is 5.97 Å². The highest BCUT2D eigenvalue weighted by Crippen LogP contribution is 2.61. The van der Waals surface area contributed by atoms with Crippen LogP contribution in [0.5, 0.6) is 11.5 Å². The van der Waals surface area contributed by atoms with Crippen molar-refractivity contribution in [2.24, 2.45) is 11.3 Å². The van der Waals surface area contributed by atoms with Crippen LogP contribution >= 0.6 is 0 Å². The van der Waals surface area contributed by atoms with Gasteiger partial charge >= 0.3 is 11.9 Å². The summed E-state index contributed by atoms with van der Waals surface area (Å²) in [7, 11) is 0. The molecule has 1 aromatic carbocycles. The van der Waals surface area contributed by atoms with Gasteiger partial charge in [-0.1, -0.05) is 19.2 Å². The molecular formula is C25H28O6. The summed E-state index contributed by atoms with van der Waals surface area (Å²) in [5.41, 5.74) is 0.464. The second kappa shape index (κ2) is 9.69. The van der Waals surface area contributed by atoms with E-state index in [9.17, 15) is 14.7 Å². The maximum Gasteiger partial charge on any atom is 0.330 e. The molecule has 3 rings (SSSR count). The highest BCUT2D eigenvalue weighted by atomic mass is 16.5. The minimum absolute atomic E-state index is 0.186. The summed E-state index contributed by atoms with van der Waals surface area (Å²) in [5.74, 6) is 1.52. The number of hydrogen-bond donors (Lipinski definition) is 1. The van der Waals surface area contributed by atoms with Gasteiger partial charge in [-0.05, 0) is 74.4 Å². The number of phenolic OH excluding ortho intramolecular Hbond substituents is 1. The number of unbranched alkanes of at least 4 members (excludes halogenated alkanes) is 2. The topological polar surface area (TPSA) is 82.1 Å². The van der Waals surface area contributed by atoms with E-state index in [1.807, 2.05) is 19.1 Å². The zero-order chi connectivity index (χ0) is 22.4. The molecular weight excluding hydrogens is 396 g/mol. The molecule has 0 amide bonds. The number of fused-ring (bicyclic) bond motifs is 1. The molecule has 0 heterocycles. The van der Waals surface area contributed by atoms with Crippen LogP contribution in [0.2, 0.25) is 0 Å². The molecule has 1 N–H and O–H groups in total. The first kappa shape index (κ1) is 22.4. The summed E-state index contributed by atoms with van der Waals surface area (Å²) < 4.78 is 16.3. The molecule has 2 unspecified atom stereocenters. The number of aryl methyl sites for hydroxylation is 1. The molecule has 6 nitrogen and oxygen atoms in total. The predicted molar refractivity (Wildman–Crippen MR) is 116 cm³/mol. The average Bonchev–Trinajstić information content (AvgIpc) is 3.48. The van der Waals surface area contributed by atoms with Crippen molar-refractivity contribution in [2.75, 3.05) is 6.61 Å². The fourth-order valence-corrected chi connectivity index (χ4v) is 3.56. The third-order valence-electron chi connectivity index (χ3n) is 5.57. The highest BCUT2D eigenvalue weighted by molar-refractivity contribution is 5.81. The molecule has 0 radical (unpaired) electrons. The van der Waals surface area contributed by atoms with Gasteiger partial charge in [-0.25, -0.2) is 4.79 Å². The summed E-state index contributed by atoms with van der Waals surface area (Å²) in [6, 6.07) is 5.08. The molecule has 1 saturated carbocycles. The molecule has 31 heavy (non-hydrogen) atoms. The van der Waals surface area contributed by atoms with Crippen molar-refractivity contribution in [3.8, 4) is 11.5 Å². The lowest BCUT2D eigenvalue weighted by Gasteiger charge is -2.20. The van der Waals surface area contributed by atoms with Crippen molar-refractivity contribution in [2.45, 2.75) is 39.0 Å². The Hall–Kier alpha value is -3.28. The van der Waals surface area contributed by atoms with Crippen molar-refractivity contribution < 1.29 is 28.9 Å². The van der Waals surface area contributed by atoms with Gasteiger partial charge in [-0.2, -0.15) is 0 Å². The number of hydrogen-bond acceptors (Lipinski definition) is 6. The molecule has 164 valence electrons. The number of allylic oxidation sites excluding steroid dienone is 3. The Morgan fingerprint density at radius 3 is 2.77 bits per heavy atom. The third kappa shape index (κ3) is 5.66. The zero-order valence-electron chi connectivity index (χ0n) is 17.8. The van der Waals surface area contributed by atoms with Crippen molar-refractivity contribution in [1.82, 2.24) is 0 Å². The summed E-state index contributed by atoms with van der Waals surface area (Å²) in [5, 5.41) is 9.65. The van der Waals surface area contributed by atoms with Crippen molar-refractivity contribution in [3.63, 3.8) is 0 Å². The van der Waals surface area contributed by atoms with Crippen molar-refractivity contribution in [3.05, 3.63) is 72.7 Å². The molecule has 2 atom stereocenters. The summed E-state index contributed by atoms with van der Waals surface area (Å²) in [4.78, 5) is 23.0. The number of benzene rings is 1. The minimum atomic E-state index is -0.433. The standard InChI is InChI=1S/C25H28O6/c1-4-23(27)29-13-7-5-6-8-24(28)31-21-11-12-25(16-19(25)15-21)18(3)30-20-9-10-22(26)17(2)14-20/h4,9-12,14-15,19,26H,1,3,5-8,13,16H2,2H3. The summed E-state index contributed by atoms with van der Waals surface area (Å²) >= 11 is 0. The Kier molecular flexibility index (Phi) is 7.00. The van der Waals surface area contributed by atoms with Crippen LogP contribution in [0, 0.1) is 18.3 Å². The Bertz CT molecular complexity index is 941. The number of esters is 2. The van der Waals surface area contributed by atoms with Crippen LogP contribution in [-0.4, -0.2) is 23.7 Å². The second-order valence-corrected chi connectivity index (χ2v) is 7.88. The van der Waals surface area contributed by atoms with Crippen LogP contribution in [-0.2, 0) is 19.1 Å². The molecule has 2 aliphatic carbocycles. The molecule has 0 aromatic heterocycles. The molecule has 2 aliphatic rings. The number of ether oxygens (including phenoxy) is 3. The number of rotatable bonds is 11. The van der Waals surface area contributed by atoms with Crippen LogP contribution in [0.1, 0.15) is 37.7 Å². The van der Waals surface area contributed by atoms with E-state index in [-0.39, 0.29) is 23.1 Å². The number of aromatic hydroxyl groups is 1. The molecule has 0 aliphatic heterocycles. The SMILES string of the molecule is C=CC(=O)OCCCCCC(=O)OC1=CC2CC2(C(=C)Oc2ccc(O)c(C)c2)C=C1. The minimum Gasteiger partial charge on any atom is -0.508 e. The fourth-order valence-electron chi connectivity index (χ4n) is 3.56. The van der Waals surface area contributed by atoms with Crippen LogP contribution in [0.4, 0.5) is 0 Å². The maximum atomic E-state index is 12.1. The van der Waals surface area contributed by atoms with Gasteiger partial charge in [-0.3, -0.25) is 4.79 Å². The lowest BCUT2D eigenvalue weighted by Crippen LogP contribution is -2.13. The first-order chi connectivity index (χ1) is 14.8. The van der Waals surface area contributed by atoms with E-state index in [0.717, 1.165) is 24.5 Å². The fraction of sp³-hybridized carbons (Fsp3) is 0.360. The predicted octanol–water partition coefficient (Wildman–Crippen LogP) is 4.89. The normalized spacial score (nSPS) is 20.8. The number of phenols is 1. The highest BCUT2D eigenvalue weighted by Gasteiger charge is 2.56. The average molecular weight is 424 g/mol. The lowest BCUT2D eigenvalue weighted by molar-refractivity contribution is -0.140. The Labute approximate surface area is 182 Å². The van der Waals surface area contributed by atoms with Crippen molar-refractivity contribution in [1.29, 1.82) is 0 Å². The Morgan fingerprint density at radius 2 is 2.06 bits per heavy atom. The molecule has 1 aromatic rings. The maximum absolute atomic E-state index is 12.1. The van der Waals surface area contributed by atoms with Gasteiger partial charge in [0.2, 0.25) is 0 Å². The van der Waals surface area contributed by atoms with E-state index >= 15 is 0 Å². The quantitative estimate of drug-likeness (QED) is 0.236. The van der Waals surface area contributed by atoms with Gasteiger partial charge in [0.15, 0.2) is 0 Å². The second-order valence-electron chi connectivity index (χ2n) is 7.88. The smallest absolute Gasteiger partial charge is 0.330 e. The largest absolute Gasteiger partial charge is 0.508 e. The van der Waals surface area contributed by atoms with E-state index in [0.29, 0.717) is 43.1 Å². The Balaban J connectivity index is 1.41. The zero-order valence-corrected chi connectivity index (χ0v) is 17.8. The molecule has 6 heteroatoms. The number of carbonyl (C=O) groups is 2. The third-order valence-corrected chi connectivity index (χ3v) is 5.57. The van der Waals surface area contributed by atoms with Gasteiger partial charge in [0.05, 0.1) is 12.0 Å². The molecule has 0 spiro atoms. The van der Waals surface area contributed by atoms with Gasteiger partial charge in [0.25, 0.3) is 0 Å². The molecule has 0 bridgehead atoms. The van der Waals surface area contributed by atoms with Gasteiger partial charge in [0.1, 0.15) is 23.0 Å². The summed E-state index contributed by atoms with van der Waals surface area (Å²) in [6.45, 7) is 9.57. The van der Waals surface area contributed by atoms with Gasteiger partial charge < -0.3 is 19.3 Å². The number of carbonyl (C=O) groups excluding carboxylic acids is 2.